The van der Waals surface area contributed by atoms with Crippen molar-refractivity contribution in [3.63, 3.8) is 0 Å². The lowest BCUT2D eigenvalue weighted by molar-refractivity contribution is 1.16. The Kier molecular flexibility index (Phi) is 6.80. The molecule has 0 N–H and O–H groups in total. The molecule has 0 saturated heterocycles. The molecular formula is C48H33N4P. The van der Waals surface area contributed by atoms with Crippen LogP contribution in [0.15, 0.2) is 200 Å². The van der Waals surface area contributed by atoms with Gasteiger partial charge in [0.05, 0.1) is 33.4 Å². The normalized spacial score (nSPS) is 14.2. The van der Waals surface area contributed by atoms with E-state index in [1.807, 2.05) is 0 Å². The van der Waals surface area contributed by atoms with Gasteiger partial charge in [-0.2, -0.15) is 0 Å². The first-order valence-electron chi connectivity index (χ1n) is 18.0. The molecule has 0 spiro atoms. The molecule has 5 heteroatoms. The Morgan fingerprint density at radius 2 is 0.736 bits per heavy atom. The van der Waals surface area contributed by atoms with Gasteiger partial charge in [0.1, 0.15) is 8.22 Å². The van der Waals surface area contributed by atoms with Crippen molar-refractivity contribution in [2.75, 3.05) is 9.34 Å². The molecule has 0 fully saturated rings. The predicted octanol–water partition coefficient (Wildman–Crippen LogP) is 12.8. The summed E-state index contributed by atoms with van der Waals surface area (Å²) >= 11 is 0. The highest BCUT2D eigenvalue weighted by Gasteiger charge is 2.40. The number of anilines is 4. The van der Waals surface area contributed by atoms with Crippen LogP contribution in [0.1, 0.15) is 0 Å². The molecule has 3 heterocycles. The average molecular weight is 697 g/mol. The minimum atomic E-state index is -0.997. The third-order valence-electron chi connectivity index (χ3n) is 10.5. The summed E-state index contributed by atoms with van der Waals surface area (Å²) in [4.78, 5) is 0. The van der Waals surface area contributed by atoms with E-state index in [1.54, 1.807) is 0 Å². The zero-order valence-electron chi connectivity index (χ0n) is 28.8. The maximum atomic E-state index is 2.57. The van der Waals surface area contributed by atoms with Crippen LogP contribution in [0, 0.1) is 0 Å². The highest BCUT2D eigenvalue weighted by Crippen LogP contribution is 2.65. The van der Waals surface area contributed by atoms with Gasteiger partial charge in [0.15, 0.2) is 0 Å². The summed E-state index contributed by atoms with van der Waals surface area (Å²) in [6, 6.07) is 72.9. The van der Waals surface area contributed by atoms with E-state index in [-0.39, 0.29) is 0 Å². The van der Waals surface area contributed by atoms with Gasteiger partial charge in [0.25, 0.3) is 0 Å². The van der Waals surface area contributed by atoms with Gasteiger partial charge in [-0.3, -0.25) is 9.34 Å². The zero-order chi connectivity index (χ0) is 34.9. The number of aromatic nitrogens is 2. The fourth-order valence-corrected chi connectivity index (χ4v) is 10.8. The molecular weight excluding hydrogens is 664 g/mol. The van der Waals surface area contributed by atoms with Gasteiger partial charge in [0.2, 0.25) is 0 Å². The zero-order valence-corrected chi connectivity index (χ0v) is 29.7. The molecule has 0 amide bonds. The number of hydrogen-bond acceptors (Lipinski definition) is 2. The first kappa shape index (κ1) is 30.1. The first-order chi connectivity index (χ1) is 26.3. The van der Waals surface area contributed by atoms with E-state index >= 15 is 0 Å². The van der Waals surface area contributed by atoms with E-state index in [0.29, 0.717) is 0 Å². The molecule has 0 aliphatic carbocycles. The van der Waals surface area contributed by atoms with Crippen LogP contribution in [-0.2, 0) is 0 Å². The van der Waals surface area contributed by atoms with Crippen LogP contribution in [-0.4, -0.2) is 9.13 Å². The van der Waals surface area contributed by atoms with Crippen molar-refractivity contribution >= 4 is 79.9 Å². The molecule has 1 unspecified atom stereocenters. The minimum absolute atomic E-state index is 0.997. The van der Waals surface area contributed by atoms with Gasteiger partial charge in [-0.1, -0.05) is 121 Å². The third kappa shape index (κ3) is 4.59. The van der Waals surface area contributed by atoms with Gasteiger partial charge >= 0.3 is 0 Å². The Hall–Kier alpha value is -6.61. The van der Waals surface area contributed by atoms with Crippen molar-refractivity contribution in [2.24, 2.45) is 0 Å². The van der Waals surface area contributed by atoms with Crippen LogP contribution >= 0.6 is 8.22 Å². The van der Waals surface area contributed by atoms with E-state index in [2.05, 4.69) is 219 Å². The summed E-state index contributed by atoms with van der Waals surface area (Å²) in [7, 11) is -0.997. The van der Waals surface area contributed by atoms with Crippen molar-refractivity contribution in [1.82, 2.24) is 9.13 Å². The second-order valence-corrected chi connectivity index (χ2v) is 15.4. The molecule has 2 aromatic heterocycles. The summed E-state index contributed by atoms with van der Waals surface area (Å²) in [5.74, 6) is 0. The van der Waals surface area contributed by atoms with Gasteiger partial charge < -0.3 is 9.13 Å². The lowest BCUT2D eigenvalue weighted by atomic mass is 10.1. The first-order valence-corrected chi connectivity index (χ1v) is 19.3. The number of nitrogens with zero attached hydrogens (tertiary/aromatic N) is 4. The summed E-state index contributed by atoms with van der Waals surface area (Å²) in [6.07, 6.45) is 0. The Bertz CT molecular complexity index is 2950. The van der Waals surface area contributed by atoms with Crippen LogP contribution in [0.4, 0.5) is 22.7 Å². The standard InChI is InChI=1S/C48H33N4P/c1-5-17-34(18-6-1)49-43-27-15-13-25-39(43)41-32-42-40-26-14-16-28-44(40)50(47(42)33-46(41)49)37-29-30-45-48(31-37)52(36-21-9-3-10-22-36)53(38-23-11-4-12-24-38)51(45)35-19-7-2-8-20-35/h1-33H. The summed E-state index contributed by atoms with van der Waals surface area (Å²) in [5.41, 5.74) is 11.8. The van der Waals surface area contributed by atoms with Crippen LogP contribution in [0.3, 0.4) is 0 Å². The second-order valence-electron chi connectivity index (χ2n) is 13.5. The molecule has 0 radical (unpaired) electrons. The van der Waals surface area contributed by atoms with Crippen LogP contribution < -0.4 is 14.6 Å². The molecule has 53 heavy (non-hydrogen) atoms. The van der Waals surface area contributed by atoms with Crippen molar-refractivity contribution in [3.05, 3.63) is 200 Å². The molecule has 1 aliphatic heterocycles. The second kappa shape index (κ2) is 12.0. The maximum absolute atomic E-state index is 2.57. The highest BCUT2D eigenvalue weighted by atomic mass is 31.1. The Balaban J connectivity index is 1.20. The molecule has 11 rings (SSSR count). The van der Waals surface area contributed by atoms with E-state index < -0.39 is 8.22 Å². The average Bonchev–Trinajstić information content (AvgIpc) is 3.86. The summed E-state index contributed by atoms with van der Waals surface area (Å²) in [6.45, 7) is 0. The monoisotopic (exact) mass is 696 g/mol. The van der Waals surface area contributed by atoms with Gasteiger partial charge in [-0.15, -0.1) is 0 Å². The maximum Gasteiger partial charge on any atom is 0.138 e. The highest BCUT2D eigenvalue weighted by molar-refractivity contribution is 7.70. The number of fused-ring (bicyclic) bond motifs is 7. The largest absolute Gasteiger partial charge is 0.309 e. The van der Waals surface area contributed by atoms with Gasteiger partial charge in [-0.25, -0.2) is 0 Å². The molecule has 1 atom stereocenters. The fourth-order valence-electron chi connectivity index (χ4n) is 8.29. The molecule has 0 bridgehead atoms. The molecule has 4 nitrogen and oxygen atoms in total. The van der Waals surface area contributed by atoms with Crippen molar-refractivity contribution in [1.29, 1.82) is 0 Å². The topological polar surface area (TPSA) is 16.3 Å². The SMILES string of the molecule is c1ccc(N2c3ccc(-n4c5ccccc5c5cc6c7ccccc7n(-c7ccccc7)c6cc54)cc3N(c3ccccc3)P2c2ccccc2)cc1. The number of rotatable bonds is 5. The predicted molar refractivity (Wildman–Crippen MR) is 225 cm³/mol. The van der Waals surface area contributed by atoms with Gasteiger partial charge in [0, 0.05) is 49.6 Å². The summed E-state index contributed by atoms with van der Waals surface area (Å²) < 4.78 is 9.99. The van der Waals surface area contributed by atoms with Crippen LogP contribution in [0.2, 0.25) is 0 Å². The quantitative estimate of drug-likeness (QED) is 0.167. The van der Waals surface area contributed by atoms with E-state index in [4.69, 9.17) is 0 Å². The molecule has 1 aliphatic rings. The Morgan fingerprint density at radius 1 is 0.283 bits per heavy atom. The molecule has 10 aromatic rings. The van der Waals surface area contributed by atoms with E-state index in [9.17, 15) is 0 Å². The van der Waals surface area contributed by atoms with E-state index in [1.165, 1.54) is 71.7 Å². The van der Waals surface area contributed by atoms with Gasteiger partial charge in [-0.05, 0) is 78.9 Å². The number of para-hydroxylation sites is 5. The van der Waals surface area contributed by atoms with Crippen LogP contribution in [0.25, 0.3) is 55.0 Å². The van der Waals surface area contributed by atoms with Crippen molar-refractivity contribution in [3.8, 4) is 11.4 Å². The summed E-state index contributed by atoms with van der Waals surface area (Å²) in [5, 5.41) is 6.31. The Morgan fingerprint density at radius 3 is 1.30 bits per heavy atom. The number of benzene rings is 8. The van der Waals surface area contributed by atoms with E-state index in [0.717, 1.165) is 11.4 Å². The lowest BCUT2D eigenvalue weighted by Crippen LogP contribution is -2.21. The Labute approximate surface area is 308 Å². The fraction of sp³-hybridized carbons (Fsp3) is 0. The molecule has 250 valence electrons. The molecule has 0 saturated carbocycles. The van der Waals surface area contributed by atoms with Crippen LogP contribution in [0.5, 0.6) is 0 Å². The van der Waals surface area contributed by atoms with Crippen molar-refractivity contribution in [2.45, 2.75) is 0 Å². The third-order valence-corrected chi connectivity index (χ3v) is 12.9. The smallest absolute Gasteiger partial charge is 0.138 e. The molecule has 8 aromatic carbocycles. The lowest BCUT2D eigenvalue weighted by Gasteiger charge is -2.32. The minimum Gasteiger partial charge on any atom is -0.309 e. The number of hydrogen-bond donors (Lipinski definition) is 0. The van der Waals surface area contributed by atoms with Crippen molar-refractivity contribution < 1.29 is 0 Å².